The molecule has 7 nitrogen and oxygen atoms in total. The van der Waals surface area contributed by atoms with Gasteiger partial charge in [-0.25, -0.2) is 4.68 Å². The second-order valence-electron chi connectivity index (χ2n) is 4.55. The van der Waals surface area contributed by atoms with Gasteiger partial charge in [0.25, 0.3) is 0 Å². The molecule has 1 unspecified atom stereocenters. The van der Waals surface area contributed by atoms with Gasteiger partial charge in [0, 0.05) is 13.6 Å². The Balaban J connectivity index is 2.84. The minimum atomic E-state index is -0.392. The van der Waals surface area contributed by atoms with E-state index in [4.69, 9.17) is 0 Å². The summed E-state index contributed by atoms with van der Waals surface area (Å²) in [5.74, 6) is 0.414. The van der Waals surface area contributed by atoms with Crippen LogP contribution in [-0.4, -0.2) is 32.5 Å². The van der Waals surface area contributed by atoms with Crippen LogP contribution in [0.4, 0.5) is 11.5 Å². The zero-order valence-corrected chi connectivity index (χ0v) is 11.7. The standard InChI is InChI=1S/C12H22N4O3/c1-4-6-10-11(16(18)19)12(15(3)14-10)13-8-7-9(17)5-2/h9,13,17H,4-8H2,1-3H3. The van der Waals surface area contributed by atoms with Crippen molar-refractivity contribution in [3.63, 3.8) is 0 Å². The third-order valence-electron chi connectivity index (χ3n) is 3.00. The SMILES string of the molecule is CCCc1nn(C)c(NCCC(O)CC)c1[N+](=O)[O-]. The molecule has 0 amide bonds. The molecule has 1 aromatic rings. The largest absolute Gasteiger partial charge is 0.393 e. The average Bonchev–Trinajstić information content (AvgIpc) is 2.66. The molecule has 2 N–H and O–H groups in total. The monoisotopic (exact) mass is 270 g/mol. The van der Waals surface area contributed by atoms with E-state index < -0.39 is 4.92 Å². The maximum Gasteiger partial charge on any atom is 0.333 e. The van der Waals surface area contributed by atoms with Crippen molar-refractivity contribution in [2.75, 3.05) is 11.9 Å². The van der Waals surface area contributed by atoms with E-state index in [9.17, 15) is 15.2 Å². The fourth-order valence-corrected chi connectivity index (χ4v) is 1.92. The first-order chi connectivity index (χ1) is 9.01. The van der Waals surface area contributed by atoms with Gasteiger partial charge in [0.1, 0.15) is 5.69 Å². The highest BCUT2D eigenvalue weighted by Gasteiger charge is 2.25. The minimum absolute atomic E-state index is 0.0512. The Bertz CT molecular complexity index is 431. The first-order valence-corrected chi connectivity index (χ1v) is 6.63. The second kappa shape index (κ2) is 7.08. The summed E-state index contributed by atoms with van der Waals surface area (Å²) in [4.78, 5) is 10.8. The highest BCUT2D eigenvalue weighted by atomic mass is 16.6. The lowest BCUT2D eigenvalue weighted by molar-refractivity contribution is -0.384. The van der Waals surface area contributed by atoms with Crippen LogP contribution in [-0.2, 0) is 13.5 Å². The van der Waals surface area contributed by atoms with Crippen molar-refractivity contribution >= 4 is 11.5 Å². The molecule has 0 radical (unpaired) electrons. The predicted octanol–water partition coefficient (Wildman–Crippen LogP) is 1.85. The van der Waals surface area contributed by atoms with E-state index in [2.05, 4.69) is 10.4 Å². The van der Waals surface area contributed by atoms with E-state index in [-0.39, 0.29) is 11.8 Å². The second-order valence-corrected chi connectivity index (χ2v) is 4.55. The summed E-state index contributed by atoms with van der Waals surface area (Å²) in [6.45, 7) is 4.35. The number of aliphatic hydroxyl groups excluding tert-OH is 1. The summed E-state index contributed by atoms with van der Waals surface area (Å²) in [7, 11) is 1.69. The van der Waals surface area contributed by atoms with Crippen molar-refractivity contribution in [1.29, 1.82) is 0 Å². The molecule has 1 heterocycles. The first-order valence-electron chi connectivity index (χ1n) is 6.63. The quantitative estimate of drug-likeness (QED) is 0.555. The smallest absolute Gasteiger partial charge is 0.333 e. The molecule has 19 heavy (non-hydrogen) atoms. The van der Waals surface area contributed by atoms with Gasteiger partial charge in [-0.15, -0.1) is 0 Å². The molecule has 0 fully saturated rings. The van der Waals surface area contributed by atoms with Crippen LogP contribution in [0.5, 0.6) is 0 Å². The minimum Gasteiger partial charge on any atom is -0.393 e. The van der Waals surface area contributed by atoms with Gasteiger partial charge in [-0.1, -0.05) is 20.3 Å². The normalized spacial score (nSPS) is 12.4. The van der Waals surface area contributed by atoms with E-state index in [1.165, 1.54) is 4.68 Å². The highest BCUT2D eigenvalue weighted by Crippen LogP contribution is 2.28. The zero-order valence-electron chi connectivity index (χ0n) is 11.7. The van der Waals surface area contributed by atoms with Gasteiger partial charge in [0.05, 0.1) is 11.0 Å². The van der Waals surface area contributed by atoms with E-state index in [1.807, 2.05) is 13.8 Å². The lowest BCUT2D eigenvalue weighted by Crippen LogP contribution is -2.14. The number of hydrogen-bond donors (Lipinski definition) is 2. The van der Waals surface area contributed by atoms with Gasteiger partial charge >= 0.3 is 5.69 Å². The highest BCUT2D eigenvalue weighted by molar-refractivity contribution is 5.59. The Kier molecular flexibility index (Phi) is 5.75. The lowest BCUT2D eigenvalue weighted by atomic mass is 10.2. The number of aryl methyl sites for hydroxylation is 2. The van der Waals surface area contributed by atoms with Gasteiger partial charge in [0.15, 0.2) is 0 Å². The topological polar surface area (TPSA) is 93.2 Å². The van der Waals surface area contributed by atoms with Crippen LogP contribution in [0.2, 0.25) is 0 Å². The Hall–Kier alpha value is -1.63. The Labute approximate surface area is 112 Å². The zero-order chi connectivity index (χ0) is 14.4. The molecule has 1 atom stereocenters. The molecule has 0 aliphatic heterocycles. The van der Waals surface area contributed by atoms with E-state index in [1.54, 1.807) is 7.05 Å². The average molecular weight is 270 g/mol. The summed E-state index contributed by atoms with van der Waals surface area (Å²) >= 11 is 0. The lowest BCUT2D eigenvalue weighted by Gasteiger charge is -2.09. The molecular weight excluding hydrogens is 248 g/mol. The van der Waals surface area contributed by atoms with Gasteiger partial charge < -0.3 is 10.4 Å². The molecular formula is C12H22N4O3. The molecule has 108 valence electrons. The molecule has 0 aliphatic carbocycles. The van der Waals surface area contributed by atoms with Gasteiger partial charge in [0.2, 0.25) is 5.82 Å². The summed E-state index contributed by atoms with van der Waals surface area (Å²) < 4.78 is 1.50. The number of nitrogens with zero attached hydrogens (tertiary/aromatic N) is 3. The van der Waals surface area contributed by atoms with Crippen LogP contribution in [0.1, 0.15) is 38.8 Å². The molecule has 0 aliphatic rings. The number of rotatable bonds is 8. The van der Waals surface area contributed by atoms with Crippen molar-refractivity contribution in [3.8, 4) is 0 Å². The van der Waals surface area contributed by atoms with E-state index in [0.29, 0.717) is 37.3 Å². The summed E-state index contributed by atoms with van der Waals surface area (Å²) in [5, 5.41) is 27.8. The molecule has 1 aromatic heterocycles. The molecule has 1 rings (SSSR count). The Morgan fingerprint density at radius 3 is 2.74 bits per heavy atom. The van der Waals surface area contributed by atoms with Gasteiger partial charge in [-0.05, 0) is 19.3 Å². The molecule has 0 saturated heterocycles. The third-order valence-corrected chi connectivity index (χ3v) is 3.00. The maximum atomic E-state index is 11.1. The van der Waals surface area contributed by atoms with Crippen molar-refractivity contribution in [1.82, 2.24) is 9.78 Å². The number of nitro groups is 1. The van der Waals surface area contributed by atoms with Crippen molar-refractivity contribution < 1.29 is 10.0 Å². The van der Waals surface area contributed by atoms with Crippen LogP contribution >= 0.6 is 0 Å². The van der Waals surface area contributed by atoms with Gasteiger partial charge in [-0.2, -0.15) is 5.10 Å². The van der Waals surface area contributed by atoms with Crippen molar-refractivity contribution in [2.45, 2.75) is 45.6 Å². The number of aliphatic hydroxyl groups is 1. The van der Waals surface area contributed by atoms with Crippen LogP contribution in [0.25, 0.3) is 0 Å². The van der Waals surface area contributed by atoms with Crippen LogP contribution in [0.15, 0.2) is 0 Å². The molecule has 0 aromatic carbocycles. The summed E-state index contributed by atoms with van der Waals surface area (Å²) in [5.41, 5.74) is 0.559. The van der Waals surface area contributed by atoms with Crippen LogP contribution < -0.4 is 5.32 Å². The van der Waals surface area contributed by atoms with Crippen molar-refractivity contribution in [3.05, 3.63) is 15.8 Å². The number of hydrogen-bond acceptors (Lipinski definition) is 5. The van der Waals surface area contributed by atoms with Crippen molar-refractivity contribution in [2.24, 2.45) is 7.05 Å². The first kappa shape index (κ1) is 15.4. The molecule has 0 spiro atoms. The summed E-state index contributed by atoms with van der Waals surface area (Å²) in [6.07, 6.45) is 2.25. The maximum absolute atomic E-state index is 11.1. The number of aromatic nitrogens is 2. The molecule has 0 saturated carbocycles. The fraction of sp³-hybridized carbons (Fsp3) is 0.750. The number of nitrogens with one attached hydrogen (secondary N) is 1. The Morgan fingerprint density at radius 1 is 1.53 bits per heavy atom. The predicted molar refractivity (Wildman–Crippen MR) is 73.3 cm³/mol. The molecule has 7 heteroatoms. The fourth-order valence-electron chi connectivity index (χ4n) is 1.92. The van der Waals surface area contributed by atoms with Crippen LogP contribution in [0.3, 0.4) is 0 Å². The van der Waals surface area contributed by atoms with Crippen LogP contribution in [0, 0.1) is 10.1 Å². The third kappa shape index (κ3) is 3.92. The van der Waals surface area contributed by atoms with E-state index in [0.717, 1.165) is 6.42 Å². The van der Waals surface area contributed by atoms with E-state index >= 15 is 0 Å². The molecule has 0 bridgehead atoms. The Morgan fingerprint density at radius 2 is 2.21 bits per heavy atom. The number of anilines is 1. The van der Waals surface area contributed by atoms with Gasteiger partial charge in [-0.3, -0.25) is 10.1 Å². The summed E-state index contributed by atoms with van der Waals surface area (Å²) in [6, 6.07) is 0.